The number of pyridine rings is 1. The summed E-state index contributed by atoms with van der Waals surface area (Å²) in [7, 11) is 0. The molecular weight excluding hydrogens is 390 g/mol. The number of nitrogen functional groups attached to an aromatic ring is 1. The number of amides is 1. The Morgan fingerprint density at radius 3 is 2.17 bits per heavy atom. The van der Waals surface area contributed by atoms with Gasteiger partial charge in [-0.3, -0.25) is 9.69 Å². The van der Waals surface area contributed by atoms with E-state index in [4.69, 9.17) is 10.7 Å². The molecule has 0 aliphatic heterocycles. The van der Waals surface area contributed by atoms with Crippen LogP contribution in [-0.4, -0.2) is 10.9 Å². The molecule has 5 heteroatoms. The van der Waals surface area contributed by atoms with E-state index in [1.807, 2.05) is 80.6 Å². The van der Waals surface area contributed by atoms with Crippen LogP contribution in [0.25, 0.3) is 10.2 Å². The van der Waals surface area contributed by atoms with Gasteiger partial charge < -0.3 is 5.73 Å². The number of hydrogen-bond donors (Lipinski definition) is 1. The number of rotatable bonds is 5. The lowest BCUT2D eigenvalue weighted by atomic mass is 10.0. The molecule has 4 aromatic rings. The number of carbonyl (C=O) groups is 1. The molecule has 2 N–H and O–H groups in total. The standard InChI is InChI=1S/C25H23N3OS/c1-4-11-20-16(2)21-22(26)23(30-24(21)27-17(20)3)25(29)28(18-12-7-5-8-13-18)19-14-9-6-10-15-19/h4-10,12-15H,1,11,26H2,2-3H3. The molecule has 0 aliphatic carbocycles. The summed E-state index contributed by atoms with van der Waals surface area (Å²) < 4.78 is 0. The topological polar surface area (TPSA) is 59.2 Å². The molecule has 2 aromatic heterocycles. The molecule has 0 unspecified atom stereocenters. The lowest BCUT2D eigenvalue weighted by molar-refractivity contribution is 0.100. The molecule has 30 heavy (non-hydrogen) atoms. The third kappa shape index (κ3) is 3.37. The minimum Gasteiger partial charge on any atom is -0.397 e. The normalized spacial score (nSPS) is 10.9. The molecule has 0 aliphatic rings. The van der Waals surface area contributed by atoms with Crippen molar-refractivity contribution in [2.75, 3.05) is 10.6 Å². The van der Waals surface area contributed by atoms with E-state index >= 15 is 0 Å². The zero-order valence-corrected chi connectivity index (χ0v) is 17.9. The number of nitrogens with zero attached hydrogens (tertiary/aromatic N) is 2. The Labute approximate surface area is 180 Å². The third-order valence-electron chi connectivity index (χ3n) is 5.23. The molecule has 0 fully saturated rings. The minimum absolute atomic E-state index is 0.157. The molecule has 4 rings (SSSR count). The van der Waals surface area contributed by atoms with E-state index in [1.54, 1.807) is 4.90 Å². The average molecular weight is 414 g/mol. The third-order valence-corrected chi connectivity index (χ3v) is 6.32. The summed E-state index contributed by atoms with van der Waals surface area (Å²) in [5, 5.41) is 0.867. The van der Waals surface area contributed by atoms with Crippen LogP contribution in [0.5, 0.6) is 0 Å². The molecule has 4 nitrogen and oxygen atoms in total. The molecule has 0 bridgehead atoms. The Hall–Kier alpha value is -3.44. The maximum atomic E-state index is 13.8. The summed E-state index contributed by atoms with van der Waals surface area (Å²) in [5.74, 6) is -0.157. The maximum Gasteiger partial charge on any atom is 0.275 e. The van der Waals surface area contributed by atoms with Gasteiger partial charge in [0, 0.05) is 22.5 Å². The number of para-hydroxylation sites is 2. The maximum absolute atomic E-state index is 13.8. The van der Waals surface area contributed by atoms with E-state index < -0.39 is 0 Å². The number of aryl methyl sites for hydroxylation is 2. The SMILES string of the molecule is C=CCc1c(C)nc2sc(C(=O)N(c3ccccc3)c3ccccc3)c(N)c2c1C. The Morgan fingerprint density at radius 1 is 1.07 bits per heavy atom. The van der Waals surface area contributed by atoms with Crippen LogP contribution in [0.4, 0.5) is 17.1 Å². The van der Waals surface area contributed by atoms with Crippen molar-refractivity contribution in [3.63, 3.8) is 0 Å². The predicted octanol–water partition coefficient (Wildman–Crippen LogP) is 6.20. The lowest BCUT2D eigenvalue weighted by Crippen LogP contribution is -2.25. The zero-order chi connectivity index (χ0) is 21.3. The van der Waals surface area contributed by atoms with Gasteiger partial charge in [0.1, 0.15) is 9.71 Å². The molecule has 2 heterocycles. The molecule has 2 aromatic carbocycles. The summed E-state index contributed by atoms with van der Waals surface area (Å²) in [6, 6.07) is 19.2. The van der Waals surface area contributed by atoms with Gasteiger partial charge >= 0.3 is 0 Å². The van der Waals surface area contributed by atoms with Gasteiger partial charge in [-0.25, -0.2) is 4.98 Å². The van der Waals surface area contributed by atoms with Crippen molar-refractivity contribution in [1.82, 2.24) is 4.98 Å². The first-order valence-electron chi connectivity index (χ1n) is 9.76. The number of carbonyl (C=O) groups excluding carboxylic acids is 1. The molecule has 0 atom stereocenters. The number of benzene rings is 2. The highest BCUT2D eigenvalue weighted by Crippen LogP contribution is 2.39. The number of allylic oxidation sites excluding steroid dienone is 1. The largest absolute Gasteiger partial charge is 0.397 e. The first kappa shape index (κ1) is 19.9. The molecule has 0 saturated heterocycles. The van der Waals surface area contributed by atoms with Gasteiger partial charge in [0.05, 0.1) is 5.69 Å². The molecule has 0 radical (unpaired) electrons. The first-order chi connectivity index (χ1) is 14.5. The van der Waals surface area contributed by atoms with Crippen LogP contribution in [0.3, 0.4) is 0 Å². The van der Waals surface area contributed by atoms with E-state index in [1.165, 1.54) is 11.3 Å². The van der Waals surface area contributed by atoms with Gasteiger partial charge in [-0.15, -0.1) is 17.9 Å². The van der Waals surface area contributed by atoms with E-state index in [0.29, 0.717) is 10.6 Å². The molecule has 0 spiro atoms. The number of fused-ring (bicyclic) bond motifs is 1. The minimum atomic E-state index is -0.157. The Kier molecular flexibility index (Phi) is 5.38. The Morgan fingerprint density at radius 2 is 1.63 bits per heavy atom. The van der Waals surface area contributed by atoms with Crippen LogP contribution in [0.2, 0.25) is 0 Å². The summed E-state index contributed by atoms with van der Waals surface area (Å²) >= 11 is 1.35. The van der Waals surface area contributed by atoms with Crippen LogP contribution < -0.4 is 10.6 Å². The van der Waals surface area contributed by atoms with Crippen LogP contribution in [0.15, 0.2) is 73.3 Å². The van der Waals surface area contributed by atoms with Crippen LogP contribution in [-0.2, 0) is 6.42 Å². The smallest absolute Gasteiger partial charge is 0.275 e. The molecule has 1 amide bonds. The predicted molar refractivity (Wildman–Crippen MR) is 127 cm³/mol. The van der Waals surface area contributed by atoms with E-state index in [0.717, 1.165) is 44.8 Å². The van der Waals surface area contributed by atoms with E-state index in [-0.39, 0.29) is 5.91 Å². The Balaban J connectivity index is 1.89. The van der Waals surface area contributed by atoms with Crippen molar-refractivity contribution in [1.29, 1.82) is 0 Å². The van der Waals surface area contributed by atoms with Crippen molar-refractivity contribution in [3.05, 3.63) is 95.0 Å². The monoisotopic (exact) mass is 413 g/mol. The highest BCUT2D eigenvalue weighted by Gasteiger charge is 2.26. The summed E-state index contributed by atoms with van der Waals surface area (Å²) in [6.07, 6.45) is 2.59. The van der Waals surface area contributed by atoms with Crippen molar-refractivity contribution in [2.45, 2.75) is 20.3 Å². The fourth-order valence-corrected chi connectivity index (χ4v) is 4.89. The van der Waals surface area contributed by atoms with Gasteiger partial charge in [-0.2, -0.15) is 0 Å². The summed E-state index contributed by atoms with van der Waals surface area (Å²) in [5.41, 5.74) is 11.7. The molecule has 0 saturated carbocycles. The summed E-state index contributed by atoms with van der Waals surface area (Å²) in [6.45, 7) is 7.88. The van der Waals surface area contributed by atoms with Crippen LogP contribution in [0.1, 0.15) is 26.5 Å². The van der Waals surface area contributed by atoms with E-state index in [9.17, 15) is 4.79 Å². The second kappa shape index (κ2) is 8.13. The van der Waals surface area contributed by atoms with Crippen LogP contribution >= 0.6 is 11.3 Å². The summed E-state index contributed by atoms with van der Waals surface area (Å²) in [4.78, 5) is 21.5. The van der Waals surface area contributed by atoms with Gasteiger partial charge in [0.25, 0.3) is 5.91 Å². The highest BCUT2D eigenvalue weighted by atomic mass is 32.1. The van der Waals surface area contributed by atoms with Crippen LogP contribution in [0, 0.1) is 13.8 Å². The number of thiophene rings is 1. The number of aromatic nitrogens is 1. The first-order valence-corrected chi connectivity index (χ1v) is 10.6. The average Bonchev–Trinajstić information content (AvgIpc) is 3.09. The van der Waals surface area contributed by atoms with Gasteiger partial charge in [0.2, 0.25) is 0 Å². The fraction of sp³-hybridized carbons (Fsp3) is 0.120. The highest BCUT2D eigenvalue weighted by molar-refractivity contribution is 7.21. The van der Waals surface area contributed by atoms with Crippen molar-refractivity contribution in [3.8, 4) is 0 Å². The van der Waals surface area contributed by atoms with Gasteiger partial charge in [0.15, 0.2) is 0 Å². The Bertz CT molecular complexity index is 1190. The quantitative estimate of drug-likeness (QED) is 0.396. The zero-order valence-electron chi connectivity index (χ0n) is 17.1. The molecular formula is C25H23N3OS. The number of nitrogens with two attached hydrogens (primary N) is 1. The fourth-order valence-electron chi connectivity index (χ4n) is 3.76. The molecule has 150 valence electrons. The van der Waals surface area contributed by atoms with Gasteiger partial charge in [-0.05, 0) is 55.7 Å². The second-order valence-electron chi connectivity index (χ2n) is 7.13. The lowest BCUT2D eigenvalue weighted by Gasteiger charge is -2.22. The second-order valence-corrected chi connectivity index (χ2v) is 8.13. The number of hydrogen-bond acceptors (Lipinski definition) is 4. The van der Waals surface area contributed by atoms with Gasteiger partial charge in [-0.1, -0.05) is 42.5 Å². The van der Waals surface area contributed by atoms with Crippen molar-refractivity contribution >= 4 is 44.5 Å². The van der Waals surface area contributed by atoms with Crippen molar-refractivity contribution in [2.24, 2.45) is 0 Å². The van der Waals surface area contributed by atoms with E-state index in [2.05, 4.69) is 6.58 Å². The number of anilines is 3. The van der Waals surface area contributed by atoms with Crippen molar-refractivity contribution < 1.29 is 4.79 Å².